The van der Waals surface area contributed by atoms with Crippen LogP contribution in [0.1, 0.15) is 39.3 Å². The number of amides is 2. The number of thioether (sulfide) groups is 1. The number of ether oxygens (including phenoxy) is 2. The third kappa shape index (κ3) is 6.61. The van der Waals surface area contributed by atoms with E-state index >= 15 is 0 Å². The largest absolute Gasteiger partial charge is 0.427 e. The number of aromatic nitrogens is 3. The van der Waals surface area contributed by atoms with Crippen LogP contribution in [0.2, 0.25) is 4.34 Å². The number of nitrogens with one attached hydrogen (secondary N) is 2. The zero-order valence-electron chi connectivity index (χ0n) is 23.0. The number of rotatable bonds is 10. The van der Waals surface area contributed by atoms with E-state index < -0.39 is 48.0 Å². The van der Waals surface area contributed by atoms with E-state index in [-0.39, 0.29) is 26.6 Å². The number of allylic oxidation sites excluding steroid dienone is 1. The second-order valence-corrected chi connectivity index (χ2v) is 13.7. The monoisotopic (exact) mass is 658 g/mol. The Balaban J connectivity index is 1.55. The third-order valence-corrected chi connectivity index (χ3v) is 9.14. The molecule has 15 nitrogen and oxygen atoms in total. The van der Waals surface area contributed by atoms with Crippen LogP contribution < -0.4 is 16.4 Å². The number of oxime groups is 1. The molecule has 2 amide bonds. The molecule has 2 aliphatic heterocycles. The topological polar surface area (TPSA) is 200 Å². The summed E-state index contributed by atoms with van der Waals surface area (Å²) in [6, 6.07) is -1.56. The van der Waals surface area contributed by atoms with Gasteiger partial charge in [0.05, 0.1) is 11.5 Å². The Kier molecular flexibility index (Phi) is 9.59. The van der Waals surface area contributed by atoms with Crippen LogP contribution in [-0.4, -0.2) is 82.6 Å². The van der Waals surface area contributed by atoms with Crippen LogP contribution in [0.25, 0.3) is 0 Å². The number of nitrogen functional groups attached to an aromatic ring is 1. The fourth-order valence-corrected chi connectivity index (χ4v) is 6.81. The van der Waals surface area contributed by atoms with Crippen molar-refractivity contribution in [2.75, 3.05) is 32.0 Å². The van der Waals surface area contributed by atoms with Crippen LogP contribution in [0.4, 0.5) is 10.3 Å². The fourth-order valence-electron chi connectivity index (χ4n) is 3.95. The summed E-state index contributed by atoms with van der Waals surface area (Å²) in [5.41, 5.74) is 4.62. The van der Waals surface area contributed by atoms with Crippen molar-refractivity contribution in [3.63, 3.8) is 0 Å². The van der Waals surface area contributed by atoms with E-state index in [4.69, 9.17) is 31.6 Å². The first-order valence-electron chi connectivity index (χ1n) is 12.3. The van der Waals surface area contributed by atoms with Gasteiger partial charge in [0.25, 0.3) is 11.8 Å². The number of fused-ring (bicyclic) bond motifs is 1. The molecule has 2 aliphatic rings. The fraction of sp³-hybridized carbons (Fsp3) is 0.478. The second kappa shape index (κ2) is 12.8. The molecule has 4 N–H and O–H groups in total. The minimum absolute atomic E-state index is 0.0106. The number of β-lactam (4-membered cyclic amide) rings is 1. The number of nitrogens with zero attached hydrogens (tertiary/aromatic N) is 5. The molecule has 0 saturated carbocycles. The molecule has 0 aromatic carbocycles. The van der Waals surface area contributed by atoms with Crippen molar-refractivity contribution in [3.05, 3.63) is 20.6 Å². The number of esters is 2. The molecule has 0 spiro atoms. The first kappa shape index (κ1) is 31.5. The summed E-state index contributed by atoms with van der Waals surface area (Å²) in [4.78, 5) is 62.6. The number of halogens is 1. The van der Waals surface area contributed by atoms with Crippen LogP contribution >= 0.6 is 46.0 Å². The number of hydrogen-bond acceptors (Lipinski definition) is 16. The van der Waals surface area contributed by atoms with Crippen molar-refractivity contribution in [2.45, 2.75) is 50.0 Å². The number of anilines is 2. The van der Waals surface area contributed by atoms with Gasteiger partial charge in [0, 0.05) is 12.0 Å². The summed E-state index contributed by atoms with van der Waals surface area (Å²) < 4.78 is 11.0. The minimum Gasteiger partial charge on any atom is -0.427 e. The maximum absolute atomic E-state index is 13.4. The molecule has 2 atom stereocenters. The van der Waals surface area contributed by atoms with Gasteiger partial charge in [-0.15, -0.1) is 10.2 Å². The van der Waals surface area contributed by atoms with Gasteiger partial charge in [-0.2, -0.15) is 0 Å². The average molecular weight is 659 g/mol. The molecule has 2 aromatic rings. The van der Waals surface area contributed by atoms with E-state index in [1.807, 2.05) is 0 Å². The summed E-state index contributed by atoms with van der Waals surface area (Å²) in [6.07, 6.45) is 0.771. The van der Waals surface area contributed by atoms with E-state index in [1.54, 1.807) is 27.8 Å². The van der Waals surface area contributed by atoms with Gasteiger partial charge in [-0.05, 0) is 33.6 Å². The Morgan fingerprint density at radius 1 is 1.24 bits per heavy atom. The highest BCUT2D eigenvalue weighted by atomic mass is 35.5. The average Bonchev–Trinajstić information content (AvgIpc) is 3.53. The van der Waals surface area contributed by atoms with E-state index in [9.17, 15) is 19.2 Å². The first-order chi connectivity index (χ1) is 19.8. The van der Waals surface area contributed by atoms with Crippen LogP contribution in [0.15, 0.2) is 20.1 Å². The van der Waals surface area contributed by atoms with E-state index in [1.165, 1.54) is 35.1 Å². The molecule has 0 radical (unpaired) electrons. The predicted octanol–water partition coefficient (Wildman–Crippen LogP) is 2.21. The Morgan fingerprint density at radius 2 is 1.98 bits per heavy atom. The van der Waals surface area contributed by atoms with Crippen molar-refractivity contribution in [2.24, 2.45) is 10.6 Å². The molecule has 4 heterocycles. The standard InChI is InChI=1S/C23H27ClN8O7S3/c1-23(2,3)19(36)39-8-38-18(35)14-10(40-22-30-29-21(26-4)42-22)7-6-9-11(17(34)32(9)14)27-16(33)13(31-37-5)12-15(24)41-20(25)28-12/h9,11H,6-8H2,1-5H3,(H2,25,28)(H,26,29)(H,27,33)/b31-13-. The number of carbonyl (C=O) groups excluding carboxylic acids is 4. The molecular weight excluding hydrogens is 632 g/mol. The number of thiazole rings is 1. The highest BCUT2D eigenvalue weighted by Crippen LogP contribution is 2.44. The summed E-state index contributed by atoms with van der Waals surface area (Å²) in [5, 5.41) is 18.1. The summed E-state index contributed by atoms with van der Waals surface area (Å²) in [6.45, 7) is 4.35. The normalized spacial score (nSPS) is 18.7. The molecule has 42 heavy (non-hydrogen) atoms. The molecule has 226 valence electrons. The zero-order valence-corrected chi connectivity index (χ0v) is 26.3. The SMILES string of the molecule is CNc1nnc(SC2=C(C(=O)OCOC(=O)C(C)(C)C)N3C(=O)C(NC(=O)/C(=N\OC)c4nc(N)sc4Cl)C3CC2)s1. The van der Waals surface area contributed by atoms with Gasteiger partial charge in [0.2, 0.25) is 11.9 Å². The number of nitrogens with two attached hydrogens (primary N) is 1. The lowest BCUT2D eigenvalue weighted by Crippen LogP contribution is -2.72. The summed E-state index contributed by atoms with van der Waals surface area (Å²) >= 11 is 9.55. The molecule has 19 heteroatoms. The maximum Gasteiger partial charge on any atom is 0.358 e. The minimum atomic E-state index is -0.986. The number of hydrogen-bond donors (Lipinski definition) is 3. The highest BCUT2D eigenvalue weighted by molar-refractivity contribution is 8.04. The van der Waals surface area contributed by atoms with E-state index in [2.05, 4.69) is 31.0 Å². The van der Waals surface area contributed by atoms with Crippen molar-refractivity contribution in [1.82, 2.24) is 25.4 Å². The van der Waals surface area contributed by atoms with Crippen molar-refractivity contribution < 1.29 is 33.5 Å². The molecule has 2 unspecified atom stereocenters. The van der Waals surface area contributed by atoms with Crippen LogP contribution in [-0.2, 0) is 33.5 Å². The highest BCUT2D eigenvalue weighted by Gasteiger charge is 2.54. The van der Waals surface area contributed by atoms with Crippen molar-refractivity contribution in [1.29, 1.82) is 0 Å². The third-order valence-electron chi connectivity index (χ3n) is 5.92. The molecule has 0 aliphatic carbocycles. The molecular formula is C23H27ClN8O7S3. The predicted molar refractivity (Wildman–Crippen MR) is 156 cm³/mol. The quantitative estimate of drug-likeness (QED) is 0.110. The van der Waals surface area contributed by atoms with E-state index in [0.29, 0.717) is 27.2 Å². The lowest BCUT2D eigenvalue weighted by molar-refractivity contribution is -0.174. The Bertz CT molecular complexity index is 1470. The van der Waals surface area contributed by atoms with Crippen molar-refractivity contribution >= 4 is 85.8 Å². The van der Waals surface area contributed by atoms with Gasteiger partial charge in [0.15, 0.2) is 15.2 Å². The molecule has 0 bridgehead atoms. The molecule has 1 fully saturated rings. The van der Waals surface area contributed by atoms with Crippen LogP contribution in [0, 0.1) is 5.41 Å². The van der Waals surface area contributed by atoms with Gasteiger partial charge >= 0.3 is 11.9 Å². The summed E-state index contributed by atoms with van der Waals surface area (Å²) in [7, 11) is 2.95. The first-order valence-corrected chi connectivity index (χ1v) is 15.1. The molecule has 2 aromatic heterocycles. The molecule has 1 saturated heterocycles. The Hall–Kier alpha value is -3.48. The molecule has 4 rings (SSSR count). The number of carbonyl (C=O) groups is 4. The Labute approximate surface area is 257 Å². The summed E-state index contributed by atoms with van der Waals surface area (Å²) in [5.74, 6) is -2.75. The van der Waals surface area contributed by atoms with Crippen molar-refractivity contribution in [3.8, 4) is 0 Å². The Morgan fingerprint density at radius 3 is 2.57 bits per heavy atom. The van der Waals surface area contributed by atoms with Gasteiger partial charge in [-0.25, -0.2) is 9.78 Å². The van der Waals surface area contributed by atoms with Gasteiger partial charge in [-0.3, -0.25) is 19.3 Å². The smallest absolute Gasteiger partial charge is 0.358 e. The van der Waals surface area contributed by atoms with Crippen LogP contribution in [0.5, 0.6) is 0 Å². The van der Waals surface area contributed by atoms with E-state index in [0.717, 1.165) is 11.3 Å². The second-order valence-electron chi connectivity index (χ2n) is 9.79. The van der Waals surface area contributed by atoms with Gasteiger partial charge in [-0.1, -0.05) is 51.2 Å². The van der Waals surface area contributed by atoms with Gasteiger partial charge < -0.3 is 30.7 Å². The lowest BCUT2D eigenvalue weighted by atomic mass is 9.86. The lowest BCUT2D eigenvalue weighted by Gasteiger charge is -2.50. The van der Waals surface area contributed by atoms with Crippen LogP contribution in [0.3, 0.4) is 0 Å². The van der Waals surface area contributed by atoms with Gasteiger partial charge in [0.1, 0.15) is 28.9 Å². The maximum atomic E-state index is 13.4. The zero-order chi connectivity index (χ0) is 30.8.